The number of rotatable bonds is 4. The van der Waals surface area contributed by atoms with Crippen LogP contribution < -0.4 is 16.6 Å². The second kappa shape index (κ2) is 8.25. The van der Waals surface area contributed by atoms with Crippen LogP contribution >= 0.6 is 11.6 Å². The molecule has 4 rings (SSSR count). The Hall–Kier alpha value is -2.86. The van der Waals surface area contributed by atoms with Crippen molar-refractivity contribution in [2.45, 2.75) is 32.2 Å². The lowest BCUT2D eigenvalue weighted by Crippen LogP contribution is -2.38. The van der Waals surface area contributed by atoms with E-state index >= 15 is 0 Å². The fraction of sp³-hybridized carbons (Fsp3) is 0.318. The molecule has 0 spiro atoms. The van der Waals surface area contributed by atoms with E-state index in [0.29, 0.717) is 28.2 Å². The van der Waals surface area contributed by atoms with Gasteiger partial charge in [-0.2, -0.15) is 0 Å². The van der Waals surface area contributed by atoms with Crippen LogP contribution in [0, 0.1) is 11.8 Å². The molecule has 150 valence electrons. The van der Waals surface area contributed by atoms with Crippen LogP contribution in [0.3, 0.4) is 0 Å². The van der Waals surface area contributed by atoms with E-state index in [4.69, 9.17) is 11.6 Å². The van der Waals surface area contributed by atoms with Crippen LogP contribution in [0.2, 0.25) is 5.02 Å². The predicted molar refractivity (Wildman–Crippen MR) is 114 cm³/mol. The monoisotopic (exact) mass is 411 g/mol. The Morgan fingerprint density at radius 3 is 2.48 bits per heavy atom. The Morgan fingerprint density at radius 2 is 1.72 bits per heavy atom. The number of para-hydroxylation sites is 2. The number of halogens is 1. The van der Waals surface area contributed by atoms with Gasteiger partial charge in [-0.25, -0.2) is 4.79 Å². The maximum Gasteiger partial charge on any atom is 0.328 e. The molecular formula is C22H22ClN3O3. The first-order chi connectivity index (χ1) is 14.0. The number of nitrogens with zero attached hydrogens (tertiary/aromatic N) is 1. The number of hydrogen-bond donors (Lipinski definition) is 2. The number of nitrogens with one attached hydrogen (secondary N) is 2. The van der Waals surface area contributed by atoms with Crippen molar-refractivity contribution in [3.8, 4) is 0 Å². The summed E-state index contributed by atoms with van der Waals surface area (Å²) >= 11 is 6.11. The molecule has 1 amide bonds. The Morgan fingerprint density at radius 1 is 1.03 bits per heavy atom. The van der Waals surface area contributed by atoms with Crippen molar-refractivity contribution in [1.82, 2.24) is 9.55 Å². The van der Waals surface area contributed by atoms with Crippen LogP contribution in [0.5, 0.6) is 0 Å². The average molecular weight is 412 g/mol. The van der Waals surface area contributed by atoms with Crippen molar-refractivity contribution in [2.75, 3.05) is 5.32 Å². The lowest BCUT2D eigenvalue weighted by atomic mass is 9.81. The first kappa shape index (κ1) is 19.5. The molecule has 0 radical (unpaired) electrons. The van der Waals surface area contributed by atoms with Crippen LogP contribution in [0.25, 0.3) is 10.9 Å². The number of carbonyl (C=O) groups excluding carboxylic acids is 1. The highest BCUT2D eigenvalue weighted by molar-refractivity contribution is 6.33. The average Bonchev–Trinajstić information content (AvgIpc) is 2.73. The van der Waals surface area contributed by atoms with Crippen molar-refractivity contribution < 1.29 is 4.79 Å². The second-order valence-corrected chi connectivity index (χ2v) is 7.99. The molecule has 1 heterocycles. The minimum atomic E-state index is -0.382. The van der Waals surface area contributed by atoms with Crippen LogP contribution in [0.4, 0.5) is 5.69 Å². The molecule has 2 N–H and O–H groups in total. The SMILES string of the molecule is O=C(Nc1ccccc1Cl)C1CCC(Cn2c(=O)[nH]c3ccccc3c2=O)CC1. The highest BCUT2D eigenvalue weighted by Gasteiger charge is 2.27. The maximum absolute atomic E-state index is 12.7. The minimum Gasteiger partial charge on any atom is -0.325 e. The van der Waals surface area contributed by atoms with E-state index in [2.05, 4.69) is 10.3 Å². The molecule has 6 nitrogen and oxygen atoms in total. The van der Waals surface area contributed by atoms with Crippen molar-refractivity contribution in [3.63, 3.8) is 0 Å². The van der Waals surface area contributed by atoms with Gasteiger partial charge < -0.3 is 10.3 Å². The molecule has 0 atom stereocenters. The number of anilines is 1. The van der Waals surface area contributed by atoms with E-state index in [1.54, 1.807) is 36.4 Å². The first-order valence-corrected chi connectivity index (χ1v) is 10.2. The number of benzene rings is 2. The summed E-state index contributed by atoms with van der Waals surface area (Å²) < 4.78 is 1.29. The zero-order valence-corrected chi connectivity index (χ0v) is 16.6. The molecular weight excluding hydrogens is 390 g/mol. The Balaban J connectivity index is 1.41. The van der Waals surface area contributed by atoms with Crippen molar-refractivity contribution in [2.24, 2.45) is 11.8 Å². The van der Waals surface area contributed by atoms with Gasteiger partial charge in [-0.05, 0) is 55.9 Å². The second-order valence-electron chi connectivity index (χ2n) is 7.58. The molecule has 1 aliphatic rings. The topological polar surface area (TPSA) is 84.0 Å². The Kier molecular flexibility index (Phi) is 5.53. The molecule has 0 saturated heterocycles. The van der Waals surface area contributed by atoms with Crippen LogP contribution in [-0.2, 0) is 11.3 Å². The zero-order valence-electron chi connectivity index (χ0n) is 15.9. The third-order valence-corrected chi connectivity index (χ3v) is 6.01. The standard InChI is InChI=1S/C22H22ClN3O3/c23-17-6-2-4-8-19(17)24-20(27)15-11-9-14(10-12-15)13-26-21(28)16-5-1-3-7-18(16)25-22(26)29/h1-8,14-15H,9-13H2,(H,24,27)(H,25,29). The summed E-state index contributed by atoms with van der Waals surface area (Å²) in [5, 5.41) is 3.93. The summed E-state index contributed by atoms with van der Waals surface area (Å²) in [7, 11) is 0. The molecule has 0 bridgehead atoms. The molecule has 0 unspecified atom stereocenters. The normalized spacial score (nSPS) is 19.2. The van der Waals surface area contributed by atoms with E-state index in [1.165, 1.54) is 4.57 Å². The fourth-order valence-corrected chi connectivity index (χ4v) is 4.21. The van der Waals surface area contributed by atoms with E-state index < -0.39 is 0 Å². The Labute approximate surface area is 172 Å². The predicted octanol–water partition coefficient (Wildman–Crippen LogP) is 3.79. The number of carbonyl (C=O) groups is 1. The molecule has 1 saturated carbocycles. The highest BCUT2D eigenvalue weighted by atomic mass is 35.5. The van der Waals surface area contributed by atoms with Gasteiger partial charge in [-0.3, -0.25) is 14.2 Å². The van der Waals surface area contributed by atoms with Crippen LogP contribution in [0.1, 0.15) is 25.7 Å². The van der Waals surface area contributed by atoms with Crippen LogP contribution in [0.15, 0.2) is 58.1 Å². The van der Waals surface area contributed by atoms with E-state index in [-0.39, 0.29) is 29.0 Å². The number of aromatic nitrogens is 2. The summed E-state index contributed by atoms with van der Waals surface area (Å²) in [6.45, 7) is 0.373. The molecule has 1 fully saturated rings. The van der Waals surface area contributed by atoms with Gasteiger partial charge in [0.25, 0.3) is 5.56 Å². The zero-order chi connectivity index (χ0) is 20.4. The van der Waals surface area contributed by atoms with E-state index in [1.807, 2.05) is 12.1 Å². The minimum absolute atomic E-state index is 0.0303. The largest absolute Gasteiger partial charge is 0.328 e. The third-order valence-electron chi connectivity index (χ3n) is 5.68. The van der Waals surface area contributed by atoms with Crippen molar-refractivity contribution in [1.29, 1.82) is 0 Å². The first-order valence-electron chi connectivity index (χ1n) is 9.80. The van der Waals surface area contributed by atoms with Gasteiger partial charge in [-0.15, -0.1) is 0 Å². The summed E-state index contributed by atoms with van der Waals surface area (Å²) in [5.41, 5.74) is 0.532. The van der Waals surface area contributed by atoms with Crippen LogP contribution in [-0.4, -0.2) is 15.5 Å². The maximum atomic E-state index is 12.7. The molecule has 1 aromatic heterocycles. The summed E-state index contributed by atoms with van der Waals surface area (Å²) in [5.74, 6) is 0.0747. The summed E-state index contributed by atoms with van der Waals surface area (Å²) in [6, 6.07) is 14.2. The lowest BCUT2D eigenvalue weighted by molar-refractivity contribution is -0.121. The number of aromatic amines is 1. The van der Waals surface area contributed by atoms with Gasteiger partial charge >= 0.3 is 5.69 Å². The van der Waals surface area contributed by atoms with Crippen molar-refractivity contribution >= 4 is 34.1 Å². The van der Waals surface area contributed by atoms with Gasteiger partial charge in [-0.1, -0.05) is 35.9 Å². The van der Waals surface area contributed by atoms with Gasteiger partial charge in [0.15, 0.2) is 0 Å². The van der Waals surface area contributed by atoms with Gasteiger partial charge in [0.05, 0.1) is 21.6 Å². The third kappa shape index (κ3) is 4.12. The number of hydrogen-bond acceptors (Lipinski definition) is 3. The molecule has 2 aromatic carbocycles. The number of fused-ring (bicyclic) bond motifs is 1. The Bertz CT molecular complexity index is 1160. The molecule has 3 aromatic rings. The number of amides is 1. The molecule has 0 aliphatic heterocycles. The van der Waals surface area contributed by atoms with Gasteiger partial charge in [0.1, 0.15) is 0 Å². The van der Waals surface area contributed by atoms with Crippen molar-refractivity contribution in [3.05, 3.63) is 74.4 Å². The van der Waals surface area contributed by atoms with E-state index in [0.717, 1.165) is 25.7 Å². The smallest absolute Gasteiger partial charge is 0.325 e. The summed E-state index contributed by atoms with van der Waals surface area (Å²) in [6.07, 6.45) is 3.03. The summed E-state index contributed by atoms with van der Waals surface area (Å²) in [4.78, 5) is 40.4. The van der Waals surface area contributed by atoms with Gasteiger partial charge in [0.2, 0.25) is 5.91 Å². The molecule has 29 heavy (non-hydrogen) atoms. The lowest BCUT2D eigenvalue weighted by Gasteiger charge is -2.28. The van der Waals surface area contributed by atoms with Gasteiger partial charge in [0, 0.05) is 12.5 Å². The van der Waals surface area contributed by atoms with E-state index in [9.17, 15) is 14.4 Å². The fourth-order valence-electron chi connectivity index (χ4n) is 4.03. The molecule has 1 aliphatic carbocycles. The quantitative estimate of drug-likeness (QED) is 0.685. The molecule has 7 heteroatoms. The highest BCUT2D eigenvalue weighted by Crippen LogP contribution is 2.31. The number of H-pyrrole nitrogens is 1.